The molecule has 0 spiro atoms. The highest BCUT2D eigenvalue weighted by atomic mass is 16.6. The molecular formula is C32H62O10. The van der Waals surface area contributed by atoms with Crippen LogP contribution in [0.5, 0.6) is 11.5 Å². The van der Waals surface area contributed by atoms with Crippen LogP contribution in [0.2, 0.25) is 0 Å². The molecule has 10 nitrogen and oxygen atoms in total. The second-order valence-electron chi connectivity index (χ2n) is 8.04. The van der Waals surface area contributed by atoms with Crippen LogP contribution in [0.3, 0.4) is 0 Å². The second kappa shape index (κ2) is 39.5. The molecule has 0 aliphatic carbocycles. The van der Waals surface area contributed by atoms with Crippen LogP contribution < -0.4 is 9.47 Å². The van der Waals surface area contributed by atoms with Gasteiger partial charge in [-0.3, -0.25) is 0 Å². The zero-order chi connectivity index (χ0) is 31.2. The molecule has 0 saturated heterocycles. The fraction of sp³-hybridized carbons (Fsp3) is 0.812. The van der Waals surface area contributed by atoms with E-state index in [4.69, 9.17) is 47.4 Å². The van der Waals surface area contributed by atoms with Gasteiger partial charge in [0.25, 0.3) is 0 Å². The minimum absolute atomic E-state index is 0.421. The molecule has 1 rings (SSSR count). The molecule has 0 saturated carbocycles. The second-order valence-corrected chi connectivity index (χ2v) is 8.04. The van der Waals surface area contributed by atoms with E-state index < -0.39 is 0 Å². The molecule has 0 radical (unpaired) electrons. The van der Waals surface area contributed by atoms with Crippen LogP contribution in [0.1, 0.15) is 54.4 Å². The lowest BCUT2D eigenvalue weighted by Gasteiger charge is -2.13. The lowest BCUT2D eigenvalue weighted by molar-refractivity contribution is -0.00533. The molecule has 10 heteroatoms. The van der Waals surface area contributed by atoms with Crippen molar-refractivity contribution in [1.82, 2.24) is 0 Å². The summed E-state index contributed by atoms with van der Waals surface area (Å²) in [5.41, 5.74) is 0. The first-order valence-corrected chi connectivity index (χ1v) is 15.8. The van der Waals surface area contributed by atoms with Crippen molar-refractivity contribution in [2.24, 2.45) is 0 Å². The topological polar surface area (TPSA) is 92.3 Å². The summed E-state index contributed by atoms with van der Waals surface area (Å²) in [7, 11) is 0. The fourth-order valence-electron chi connectivity index (χ4n) is 2.92. The fourth-order valence-corrected chi connectivity index (χ4v) is 2.92. The van der Waals surface area contributed by atoms with Gasteiger partial charge in [0.05, 0.1) is 92.5 Å². The molecule has 0 atom stereocenters. The van der Waals surface area contributed by atoms with E-state index in [1.54, 1.807) is 0 Å². The van der Waals surface area contributed by atoms with Crippen LogP contribution in [-0.2, 0) is 37.9 Å². The molecule has 0 heterocycles. The highest BCUT2D eigenvalue weighted by molar-refractivity contribution is 5.39. The Bertz CT molecular complexity index is 555. The van der Waals surface area contributed by atoms with Crippen LogP contribution in [0.4, 0.5) is 0 Å². The molecule has 0 bridgehead atoms. The molecule has 0 aliphatic heterocycles. The molecule has 0 aromatic heterocycles. The third kappa shape index (κ3) is 31.4. The lowest BCUT2D eigenvalue weighted by atomic mass is 10.3. The zero-order valence-electron chi connectivity index (χ0n) is 27.5. The highest BCUT2D eigenvalue weighted by Gasteiger charge is 2.04. The third-order valence-electron chi connectivity index (χ3n) is 4.75. The Labute approximate surface area is 256 Å². The van der Waals surface area contributed by atoms with Gasteiger partial charge < -0.3 is 47.4 Å². The van der Waals surface area contributed by atoms with E-state index in [0.29, 0.717) is 117 Å². The molecule has 1 aromatic rings. The minimum Gasteiger partial charge on any atom is -0.487 e. The van der Waals surface area contributed by atoms with E-state index in [2.05, 4.69) is 13.8 Å². The van der Waals surface area contributed by atoms with Crippen LogP contribution in [0, 0.1) is 0 Å². The van der Waals surface area contributed by atoms with Gasteiger partial charge in [-0.05, 0) is 25.0 Å². The van der Waals surface area contributed by atoms with Crippen molar-refractivity contribution in [2.45, 2.75) is 54.4 Å². The van der Waals surface area contributed by atoms with Gasteiger partial charge in [-0.1, -0.05) is 53.7 Å². The van der Waals surface area contributed by atoms with Crippen molar-refractivity contribution < 1.29 is 47.4 Å². The summed E-state index contributed by atoms with van der Waals surface area (Å²) >= 11 is 0. The predicted octanol–water partition coefficient (Wildman–Crippen LogP) is 5.45. The SMILES string of the molecule is CC.CC.CCCOCCOCCOCCOCCOc1ccccc1OCCOCCOCCOCCOCCC. The van der Waals surface area contributed by atoms with E-state index in [-0.39, 0.29) is 0 Å². The smallest absolute Gasteiger partial charge is 0.161 e. The number of para-hydroxylation sites is 2. The first-order valence-electron chi connectivity index (χ1n) is 15.8. The van der Waals surface area contributed by atoms with Crippen molar-refractivity contribution >= 4 is 0 Å². The third-order valence-corrected chi connectivity index (χ3v) is 4.75. The van der Waals surface area contributed by atoms with Crippen molar-refractivity contribution in [3.8, 4) is 11.5 Å². The molecule has 250 valence electrons. The Morgan fingerprint density at radius 2 is 0.548 bits per heavy atom. The van der Waals surface area contributed by atoms with Crippen LogP contribution in [0.15, 0.2) is 24.3 Å². The van der Waals surface area contributed by atoms with E-state index >= 15 is 0 Å². The molecule has 0 unspecified atom stereocenters. The maximum Gasteiger partial charge on any atom is 0.161 e. The number of ether oxygens (including phenoxy) is 10. The Kier molecular flexibility index (Phi) is 40.1. The van der Waals surface area contributed by atoms with Gasteiger partial charge in [-0.25, -0.2) is 0 Å². The van der Waals surface area contributed by atoms with Gasteiger partial charge in [-0.15, -0.1) is 0 Å². The van der Waals surface area contributed by atoms with Crippen LogP contribution in [0.25, 0.3) is 0 Å². The largest absolute Gasteiger partial charge is 0.487 e. The van der Waals surface area contributed by atoms with Gasteiger partial charge in [-0.2, -0.15) is 0 Å². The lowest BCUT2D eigenvalue weighted by Crippen LogP contribution is -2.14. The number of benzene rings is 1. The summed E-state index contributed by atoms with van der Waals surface area (Å²) in [6.45, 7) is 22.2. The number of hydrogen-bond donors (Lipinski definition) is 0. The van der Waals surface area contributed by atoms with E-state index in [0.717, 1.165) is 26.1 Å². The molecule has 42 heavy (non-hydrogen) atoms. The van der Waals surface area contributed by atoms with Crippen molar-refractivity contribution in [2.75, 3.05) is 119 Å². The molecular weight excluding hydrogens is 544 g/mol. The first-order chi connectivity index (χ1) is 20.9. The Balaban J connectivity index is 0. The summed E-state index contributed by atoms with van der Waals surface area (Å²) in [5.74, 6) is 1.35. The maximum atomic E-state index is 5.80. The number of hydrogen-bond acceptors (Lipinski definition) is 10. The molecule has 0 N–H and O–H groups in total. The Morgan fingerprint density at radius 1 is 0.333 bits per heavy atom. The molecule has 1 aromatic carbocycles. The Morgan fingerprint density at radius 3 is 0.786 bits per heavy atom. The molecule has 0 fully saturated rings. The minimum atomic E-state index is 0.421. The Hall–Kier alpha value is -1.50. The summed E-state index contributed by atoms with van der Waals surface area (Å²) in [6, 6.07) is 7.56. The van der Waals surface area contributed by atoms with Crippen LogP contribution >= 0.6 is 0 Å². The van der Waals surface area contributed by atoms with Gasteiger partial charge in [0, 0.05) is 13.2 Å². The average Bonchev–Trinajstić information content (AvgIpc) is 3.04. The number of rotatable bonds is 30. The molecule has 0 amide bonds. The molecule has 0 aliphatic rings. The highest BCUT2D eigenvalue weighted by Crippen LogP contribution is 2.26. The zero-order valence-corrected chi connectivity index (χ0v) is 27.5. The summed E-state index contributed by atoms with van der Waals surface area (Å²) in [4.78, 5) is 0. The standard InChI is InChI=1S/C28H50O10.2C2H6/c1-3-9-29-11-13-31-15-17-33-19-21-35-23-25-37-27-7-5-6-8-28(27)38-26-24-36-22-20-34-18-16-32-14-12-30-10-4-2;2*1-2/h5-8H,3-4,9-26H2,1-2H3;2*1-2H3. The van der Waals surface area contributed by atoms with Crippen molar-refractivity contribution in [1.29, 1.82) is 0 Å². The quantitative estimate of drug-likeness (QED) is 0.105. The average molecular weight is 607 g/mol. The van der Waals surface area contributed by atoms with Gasteiger partial charge in [0.1, 0.15) is 13.2 Å². The van der Waals surface area contributed by atoms with Gasteiger partial charge in [0.15, 0.2) is 11.5 Å². The van der Waals surface area contributed by atoms with E-state index in [1.165, 1.54) is 0 Å². The first kappa shape index (κ1) is 42.6. The van der Waals surface area contributed by atoms with Gasteiger partial charge in [0.2, 0.25) is 0 Å². The van der Waals surface area contributed by atoms with Crippen molar-refractivity contribution in [3.63, 3.8) is 0 Å². The van der Waals surface area contributed by atoms with E-state index in [9.17, 15) is 0 Å². The maximum absolute atomic E-state index is 5.80. The van der Waals surface area contributed by atoms with Crippen molar-refractivity contribution in [3.05, 3.63) is 24.3 Å². The predicted molar refractivity (Wildman–Crippen MR) is 167 cm³/mol. The summed E-state index contributed by atoms with van der Waals surface area (Å²) < 4.78 is 55.2. The summed E-state index contributed by atoms with van der Waals surface area (Å²) in [5, 5.41) is 0. The normalized spacial score (nSPS) is 10.4. The monoisotopic (exact) mass is 606 g/mol. The van der Waals surface area contributed by atoms with Crippen LogP contribution in [-0.4, -0.2) is 119 Å². The van der Waals surface area contributed by atoms with E-state index in [1.807, 2.05) is 52.0 Å². The summed E-state index contributed by atoms with van der Waals surface area (Å²) in [6.07, 6.45) is 2.05. The van der Waals surface area contributed by atoms with Gasteiger partial charge >= 0.3 is 0 Å².